The Morgan fingerprint density at radius 1 is 1.30 bits per heavy atom. The van der Waals surface area contributed by atoms with Crippen molar-refractivity contribution in [1.29, 1.82) is 0 Å². The molecule has 0 spiro atoms. The van der Waals surface area contributed by atoms with E-state index in [9.17, 15) is 19.3 Å². The van der Waals surface area contributed by atoms with Crippen LogP contribution in [0.2, 0.25) is 0 Å². The molecule has 0 unspecified atom stereocenters. The van der Waals surface area contributed by atoms with E-state index in [-0.39, 0.29) is 17.4 Å². The van der Waals surface area contributed by atoms with E-state index in [4.69, 9.17) is 4.98 Å². The summed E-state index contributed by atoms with van der Waals surface area (Å²) in [5.74, 6) is -1.12. The minimum Gasteiger partial charge on any atom is -0.338 e. The summed E-state index contributed by atoms with van der Waals surface area (Å²) >= 11 is 1.63. The number of nitro benzene ring substituents is 1. The largest absolute Gasteiger partial charge is 0.338 e. The highest BCUT2D eigenvalue weighted by Crippen LogP contribution is 2.33. The minimum atomic E-state index is -0.942. The van der Waals surface area contributed by atoms with Crippen LogP contribution in [0.15, 0.2) is 42.5 Å². The van der Waals surface area contributed by atoms with Crippen LogP contribution in [-0.4, -0.2) is 33.8 Å². The molecular weight excluding hydrogens is 369 g/mol. The van der Waals surface area contributed by atoms with Gasteiger partial charge >= 0.3 is 5.69 Å². The van der Waals surface area contributed by atoms with Crippen molar-refractivity contribution in [3.05, 3.63) is 69.0 Å². The van der Waals surface area contributed by atoms with Crippen LogP contribution >= 0.6 is 11.3 Å². The second-order valence-electron chi connectivity index (χ2n) is 6.53. The first-order valence-electron chi connectivity index (χ1n) is 8.61. The van der Waals surface area contributed by atoms with Gasteiger partial charge in [-0.15, -0.1) is 11.3 Å². The molecule has 6 nitrogen and oxygen atoms in total. The van der Waals surface area contributed by atoms with Crippen molar-refractivity contribution >= 4 is 33.1 Å². The summed E-state index contributed by atoms with van der Waals surface area (Å²) in [6.45, 7) is 1.08. The van der Waals surface area contributed by atoms with E-state index in [0.717, 1.165) is 40.2 Å². The Balaban J connectivity index is 1.56. The summed E-state index contributed by atoms with van der Waals surface area (Å²) in [6, 6.07) is 11.2. The van der Waals surface area contributed by atoms with E-state index in [0.29, 0.717) is 13.1 Å². The molecule has 8 heteroatoms. The number of likely N-dealkylation sites (tertiary alicyclic amines) is 1. The topological polar surface area (TPSA) is 76.3 Å². The predicted octanol–water partition coefficient (Wildman–Crippen LogP) is 4.36. The molecule has 1 aliphatic rings. The van der Waals surface area contributed by atoms with Crippen LogP contribution in [-0.2, 0) is 0 Å². The molecule has 4 rings (SSSR count). The Bertz CT molecular complexity index is 1000. The van der Waals surface area contributed by atoms with Crippen LogP contribution in [0.4, 0.5) is 10.1 Å². The first-order chi connectivity index (χ1) is 13.0. The fourth-order valence-corrected chi connectivity index (χ4v) is 4.49. The van der Waals surface area contributed by atoms with Gasteiger partial charge in [0.25, 0.3) is 5.91 Å². The zero-order chi connectivity index (χ0) is 19.0. The van der Waals surface area contributed by atoms with Crippen LogP contribution in [0.5, 0.6) is 0 Å². The number of nitro groups is 1. The van der Waals surface area contributed by atoms with Crippen molar-refractivity contribution in [3.63, 3.8) is 0 Å². The van der Waals surface area contributed by atoms with Crippen molar-refractivity contribution < 1.29 is 14.1 Å². The van der Waals surface area contributed by atoms with E-state index in [1.807, 2.05) is 24.3 Å². The van der Waals surface area contributed by atoms with Crippen LogP contribution in [0.1, 0.15) is 34.1 Å². The van der Waals surface area contributed by atoms with Crippen molar-refractivity contribution in [3.8, 4) is 0 Å². The molecule has 0 aliphatic carbocycles. The number of thiazole rings is 1. The second kappa shape index (κ2) is 7.03. The number of piperidine rings is 1. The van der Waals surface area contributed by atoms with Gasteiger partial charge in [-0.25, -0.2) is 4.98 Å². The normalized spacial score (nSPS) is 17.2. The molecular formula is C19H16FN3O3S. The highest BCUT2D eigenvalue weighted by molar-refractivity contribution is 7.18. The minimum absolute atomic E-state index is 0.132. The highest BCUT2D eigenvalue weighted by atomic mass is 32.1. The van der Waals surface area contributed by atoms with Crippen LogP contribution in [0, 0.1) is 15.9 Å². The van der Waals surface area contributed by atoms with Crippen molar-refractivity contribution in [2.45, 2.75) is 18.8 Å². The zero-order valence-electron chi connectivity index (χ0n) is 14.3. The number of carbonyl (C=O) groups excluding carboxylic acids is 1. The van der Waals surface area contributed by atoms with Crippen LogP contribution < -0.4 is 0 Å². The molecule has 0 saturated carbocycles. The second-order valence-corrected chi connectivity index (χ2v) is 7.60. The molecule has 1 atom stereocenters. The highest BCUT2D eigenvalue weighted by Gasteiger charge is 2.28. The Labute approximate surface area is 158 Å². The van der Waals surface area contributed by atoms with Crippen LogP contribution in [0.25, 0.3) is 10.2 Å². The number of fused-ring (bicyclic) bond motifs is 1. The van der Waals surface area contributed by atoms with Gasteiger partial charge in [0.2, 0.25) is 5.82 Å². The number of hydrogen-bond acceptors (Lipinski definition) is 5. The number of aromatic nitrogens is 1. The lowest BCUT2D eigenvalue weighted by Crippen LogP contribution is -2.39. The van der Waals surface area contributed by atoms with E-state index in [1.165, 1.54) is 6.07 Å². The average molecular weight is 385 g/mol. The Kier molecular flexibility index (Phi) is 4.57. The maximum absolute atomic E-state index is 13.5. The molecule has 2 aromatic carbocycles. The van der Waals surface area contributed by atoms with Gasteiger partial charge in [0, 0.05) is 30.6 Å². The first-order valence-corrected chi connectivity index (χ1v) is 9.43. The van der Waals surface area contributed by atoms with Gasteiger partial charge in [0.05, 0.1) is 20.1 Å². The number of carbonyl (C=O) groups is 1. The molecule has 1 amide bonds. The third-order valence-electron chi connectivity index (χ3n) is 4.76. The summed E-state index contributed by atoms with van der Waals surface area (Å²) in [4.78, 5) is 29.3. The summed E-state index contributed by atoms with van der Waals surface area (Å²) in [5.41, 5.74) is 0.406. The van der Waals surface area contributed by atoms with Crippen molar-refractivity contribution in [1.82, 2.24) is 9.88 Å². The van der Waals surface area contributed by atoms with E-state index in [2.05, 4.69) is 0 Å². The SMILES string of the molecule is O=C(c1ccc(F)c([N+](=O)[O-])c1)N1CCC[C@H](c2nc3ccccc3s2)C1. The average Bonchev–Trinajstić information content (AvgIpc) is 3.12. The molecule has 2 heterocycles. The maximum Gasteiger partial charge on any atom is 0.305 e. The number of rotatable bonds is 3. The van der Waals surface area contributed by atoms with Gasteiger partial charge < -0.3 is 4.90 Å². The molecule has 0 radical (unpaired) electrons. The molecule has 1 fully saturated rings. The fraction of sp³-hybridized carbons (Fsp3) is 0.263. The number of hydrogen-bond donors (Lipinski definition) is 0. The predicted molar refractivity (Wildman–Crippen MR) is 101 cm³/mol. The lowest BCUT2D eigenvalue weighted by atomic mass is 9.98. The molecule has 0 bridgehead atoms. The standard InChI is InChI=1S/C19H16FN3O3S/c20-14-8-7-12(10-16(14)23(25)26)19(24)22-9-3-4-13(11-22)18-21-15-5-1-2-6-17(15)27-18/h1-2,5-8,10,13H,3-4,9,11H2/t13-/m0/s1. The van der Waals surface area contributed by atoms with Gasteiger partial charge in [-0.3, -0.25) is 14.9 Å². The smallest absolute Gasteiger partial charge is 0.305 e. The monoisotopic (exact) mass is 385 g/mol. The van der Waals surface area contributed by atoms with E-state index >= 15 is 0 Å². The van der Waals surface area contributed by atoms with Crippen LogP contribution in [0.3, 0.4) is 0 Å². The van der Waals surface area contributed by atoms with Gasteiger partial charge in [-0.05, 0) is 37.1 Å². The molecule has 1 aromatic heterocycles. The molecule has 3 aromatic rings. The summed E-state index contributed by atoms with van der Waals surface area (Å²) in [6.07, 6.45) is 1.77. The number of halogens is 1. The quantitative estimate of drug-likeness (QED) is 0.496. The van der Waals surface area contributed by atoms with Crippen molar-refractivity contribution in [2.24, 2.45) is 0 Å². The van der Waals surface area contributed by atoms with Gasteiger partial charge in [0.1, 0.15) is 0 Å². The van der Waals surface area contributed by atoms with Gasteiger partial charge in [-0.1, -0.05) is 12.1 Å². The van der Waals surface area contributed by atoms with Gasteiger partial charge in [0.15, 0.2) is 0 Å². The Hall–Kier alpha value is -2.87. The number of amides is 1. The molecule has 1 aliphatic heterocycles. The Morgan fingerprint density at radius 2 is 2.11 bits per heavy atom. The number of nitrogens with zero attached hydrogens (tertiary/aromatic N) is 3. The van der Waals surface area contributed by atoms with Crippen molar-refractivity contribution in [2.75, 3.05) is 13.1 Å². The zero-order valence-corrected chi connectivity index (χ0v) is 15.1. The maximum atomic E-state index is 13.5. The Morgan fingerprint density at radius 3 is 2.89 bits per heavy atom. The fourth-order valence-electron chi connectivity index (χ4n) is 3.40. The molecule has 27 heavy (non-hydrogen) atoms. The summed E-state index contributed by atoms with van der Waals surface area (Å²) in [5, 5.41) is 11.9. The molecule has 1 saturated heterocycles. The molecule has 138 valence electrons. The lowest BCUT2D eigenvalue weighted by molar-refractivity contribution is -0.387. The summed E-state index contributed by atoms with van der Waals surface area (Å²) in [7, 11) is 0. The van der Waals surface area contributed by atoms with Gasteiger partial charge in [-0.2, -0.15) is 4.39 Å². The molecule has 0 N–H and O–H groups in total. The van der Waals surface area contributed by atoms with E-state index in [1.54, 1.807) is 16.2 Å². The first kappa shape index (κ1) is 17.5. The number of para-hydroxylation sites is 1. The third-order valence-corrected chi connectivity index (χ3v) is 5.96. The third kappa shape index (κ3) is 3.40. The summed E-state index contributed by atoms with van der Waals surface area (Å²) < 4.78 is 14.7. The lowest BCUT2D eigenvalue weighted by Gasteiger charge is -2.31. The number of benzene rings is 2. The van der Waals surface area contributed by atoms with E-state index < -0.39 is 16.4 Å².